The predicted octanol–water partition coefficient (Wildman–Crippen LogP) is 3.81. The maximum absolute atomic E-state index is 12.4. The van der Waals surface area contributed by atoms with Crippen LogP contribution in [0.5, 0.6) is 5.75 Å². The Morgan fingerprint density at radius 1 is 1.03 bits per heavy atom. The number of amides is 1. The molecule has 7 nitrogen and oxygen atoms in total. The summed E-state index contributed by atoms with van der Waals surface area (Å²) in [6, 6.07) is 16.9. The van der Waals surface area contributed by atoms with Gasteiger partial charge in [-0.15, -0.1) is 0 Å². The van der Waals surface area contributed by atoms with E-state index in [-0.39, 0.29) is 24.0 Å². The zero-order chi connectivity index (χ0) is 24.5. The van der Waals surface area contributed by atoms with Gasteiger partial charge in [-0.3, -0.25) is 9.80 Å². The molecule has 6 rings (SSSR count). The number of aliphatic hydroxyl groups is 1. The van der Waals surface area contributed by atoms with Crippen molar-refractivity contribution in [1.82, 2.24) is 10.2 Å². The Morgan fingerprint density at radius 2 is 1.72 bits per heavy atom. The van der Waals surface area contributed by atoms with Crippen molar-refractivity contribution >= 4 is 17.8 Å². The summed E-state index contributed by atoms with van der Waals surface area (Å²) in [6.07, 6.45) is 8.11. The van der Waals surface area contributed by atoms with E-state index < -0.39 is 5.60 Å². The van der Waals surface area contributed by atoms with Gasteiger partial charge < -0.3 is 20.1 Å². The number of likely N-dealkylation sites (tertiary alicyclic amines) is 1. The van der Waals surface area contributed by atoms with Crippen LogP contribution in [0.3, 0.4) is 0 Å². The van der Waals surface area contributed by atoms with Crippen LogP contribution in [0.2, 0.25) is 0 Å². The highest BCUT2D eigenvalue weighted by Gasteiger charge is 2.41. The van der Waals surface area contributed by atoms with E-state index in [4.69, 9.17) is 4.74 Å². The van der Waals surface area contributed by atoms with Gasteiger partial charge in [0.2, 0.25) is 5.91 Å². The number of nitrogens with one attached hydrogen (secondary N) is 1. The lowest BCUT2D eigenvalue weighted by molar-refractivity contribution is -0.137. The zero-order valence-electron chi connectivity index (χ0n) is 20.8. The largest absolute Gasteiger partial charge is 0.489 e. The van der Waals surface area contributed by atoms with E-state index in [9.17, 15) is 9.90 Å². The number of rotatable bonds is 7. The number of carbonyl (C=O) groups excluding carboxylic acids is 1. The smallest absolute Gasteiger partial charge is 0.225 e. The summed E-state index contributed by atoms with van der Waals surface area (Å²) in [5.41, 5.74) is 2.60. The molecule has 4 aliphatic rings. The highest BCUT2D eigenvalue weighted by molar-refractivity contribution is 5.81. The minimum atomic E-state index is -0.741. The minimum Gasteiger partial charge on any atom is -0.489 e. The normalized spacial score (nSPS) is 25.4. The van der Waals surface area contributed by atoms with E-state index in [2.05, 4.69) is 51.8 Å². The zero-order valence-corrected chi connectivity index (χ0v) is 20.8. The molecule has 2 atom stereocenters. The van der Waals surface area contributed by atoms with Crippen molar-refractivity contribution in [2.45, 2.75) is 62.7 Å². The van der Waals surface area contributed by atoms with Crippen molar-refractivity contribution in [3.05, 3.63) is 48.5 Å². The number of benzene rings is 2. The van der Waals surface area contributed by atoms with Crippen molar-refractivity contribution in [2.24, 2.45) is 11.0 Å². The highest BCUT2D eigenvalue weighted by Crippen LogP contribution is 2.36. The summed E-state index contributed by atoms with van der Waals surface area (Å²) in [6.45, 7) is 3.26. The second-order valence-corrected chi connectivity index (χ2v) is 10.9. The number of hydrazone groups is 1. The summed E-state index contributed by atoms with van der Waals surface area (Å²) in [4.78, 5) is 14.3. The van der Waals surface area contributed by atoms with Gasteiger partial charge >= 0.3 is 0 Å². The molecular formula is C29H36N4O3. The highest BCUT2D eigenvalue weighted by atomic mass is 16.5. The van der Waals surface area contributed by atoms with E-state index in [1.807, 2.05) is 23.2 Å². The van der Waals surface area contributed by atoms with Gasteiger partial charge in [-0.2, -0.15) is 5.10 Å². The van der Waals surface area contributed by atoms with Crippen LogP contribution in [0, 0.1) is 5.92 Å². The number of hydrogen-bond acceptors (Lipinski definition) is 6. The van der Waals surface area contributed by atoms with Crippen molar-refractivity contribution in [2.75, 3.05) is 31.2 Å². The maximum Gasteiger partial charge on any atom is 0.225 e. The van der Waals surface area contributed by atoms with E-state index >= 15 is 0 Å². The lowest BCUT2D eigenvalue weighted by Gasteiger charge is -2.40. The summed E-state index contributed by atoms with van der Waals surface area (Å²) in [5, 5.41) is 21.3. The first-order chi connectivity index (χ1) is 17.6. The molecule has 2 N–H and O–H groups in total. The van der Waals surface area contributed by atoms with Crippen LogP contribution in [-0.4, -0.2) is 66.1 Å². The molecule has 0 radical (unpaired) electrons. The predicted molar refractivity (Wildman–Crippen MR) is 141 cm³/mol. The molecule has 190 valence electrons. The SMILES string of the molecule is O=C(C1CC1)N1CCC(O)(CC2CC=NN2c2ccc(-c3ccc(O[C@@H]4CCNC4)cc3)cc2)CC1. The summed E-state index contributed by atoms with van der Waals surface area (Å²) in [5.74, 6) is 1.45. The topological polar surface area (TPSA) is 77.4 Å². The van der Waals surface area contributed by atoms with E-state index in [1.165, 1.54) is 0 Å². The first kappa shape index (κ1) is 23.5. The van der Waals surface area contributed by atoms with Crippen LogP contribution >= 0.6 is 0 Å². The third kappa shape index (κ3) is 5.13. The Labute approximate surface area is 213 Å². The van der Waals surface area contributed by atoms with Crippen molar-refractivity contribution in [3.63, 3.8) is 0 Å². The Balaban J connectivity index is 1.06. The van der Waals surface area contributed by atoms with Gasteiger partial charge in [0.05, 0.1) is 17.3 Å². The molecule has 3 heterocycles. The molecule has 1 aliphatic carbocycles. The number of carbonyl (C=O) groups is 1. The summed E-state index contributed by atoms with van der Waals surface area (Å²) < 4.78 is 6.04. The third-order valence-electron chi connectivity index (χ3n) is 8.11. The lowest BCUT2D eigenvalue weighted by Crippen LogP contribution is -2.49. The van der Waals surface area contributed by atoms with Crippen LogP contribution in [0.15, 0.2) is 53.6 Å². The molecule has 0 bridgehead atoms. The number of anilines is 1. The lowest BCUT2D eigenvalue weighted by atomic mass is 9.84. The van der Waals surface area contributed by atoms with Gasteiger partial charge in [0, 0.05) is 38.2 Å². The number of piperidine rings is 1. The summed E-state index contributed by atoms with van der Waals surface area (Å²) in [7, 11) is 0. The molecule has 1 saturated carbocycles. The average molecular weight is 489 g/mol. The Kier molecular flexibility index (Phi) is 6.44. The number of ether oxygens (including phenoxy) is 1. The molecule has 2 saturated heterocycles. The van der Waals surface area contributed by atoms with Crippen LogP contribution in [0.1, 0.15) is 44.9 Å². The van der Waals surface area contributed by atoms with Gasteiger partial charge in [-0.05, 0) is 80.5 Å². The van der Waals surface area contributed by atoms with Crippen molar-refractivity contribution < 1.29 is 14.6 Å². The summed E-state index contributed by atoms with van der Waals surface area (Å²) >= 11 is 0. The molecule has 1 amide bonds. The van der Waals surface area contributed by atoms with Gasteiger partial charge in [-0.25, -0.2) is 0 Å². The first-order valence-corrected chi connectivity index (χ1v) is 13.5. The third-order valence-corrected chi connectivity index (χ3v) is 8.11. The molecule has 1 unspecified atom stereocenters. The second kappa shape index (κ2) is 9.87. The Bertz CT molecular complexity index is 1080. The maximum atomic E-state index is 12.4. The quantitative estimate of drug-likeness (QED) is 0.620. The molecule has 36 heavy (non-hydrogen) atoms. The van der Waals surface area contributed by atoms with E-state index in [1.54, 1.807) is 0 Å². The van der Waals surface area contributed by atoms with Crippen molar-refractivity contribution in [3.8, 4) is 16.9 Å². The Hall–Kier alpha value is -2.90. The van der Waals surface area contributed by atoms with Crippen LogP contribution in [-0.2, 0) is 4.79 Å². The number of hydrogen-bond donors (Lipinski definition) is 2. The fourth-order valence-electron chi connectivity index (χ4n) is 5.73. The van der Waals surface area contributed by atoms with Crippen LogP contribution in [0.25, 0.3) is 11.1 Å². The molecule has 7 heteroatoms. The number of nitrogens with zero attached hydrogens (tertiary/aromatic N) is 3. The standard InChI is InChI=1S/C29H36N4O3/c34-28(23-1-2-23)32-17-13-29(35,14-18-32)19-25-11-16-31-33(25)24-7-3-21(4-8-24)22-5-9-26(10-6-22)36-27-12-15-30-20-27/h3-10,16,23,25,27,30,35H,1-2,11-15,17-20H2/t25?,27-/m1/s1. The van der Waals surface area contributed by atoms with Crippen LogP contribution < -0.4 is 15.1 Å². The van der Waals surface area contributed by atoms with Gasteiger partial charge in [0.15, 0.2) is 0 Å². The van der Waals surface area contributed by atoms with Crippen LogP contribution in [0.4, 0.5) is 5.69 Å². The molecule has 2 aromatic carbocycles. The van der Waals surface area contributed by atoms with Gasteiger partial charge in [-0.1, -0.05) is 24.3 Å². The van der Waals surface area contributed by atoms with Gasteiger partial charge in [0.25, 0.3) is 0 Å². The molecule has 2 aromatic rings. The fourth-order valence-corrected chi connectivity index (χ4v) is 5.73. The average Bonchev–Trinajstić information content (AvgIpc) is 3.45. The minimum absolute atomic E-state index is 0.132. The molecule has 3 fully saturated rings. The fraction of sp³-hybridized carbons (Fsp3) is 0.517. The Morgan fingerprint density at radius 3 is 2.36 bits per heavy atom. The van der Waals surface area contributed by atoms with Gasteiger partial charge in [0.1, 0.15) is 11.9 Å². The second-order valence-electron chi connectivity index (χ2n) is 10.9. The molecule has 3 aliphatic heterocycles. The van der Waals surface area contributed by atoms with Crippen molar-refractivity contribution in [1.29, 1.82) is 0 Å². The van der Waals surface area contributed by atoms with E-state index in [0.29, 0.717) is 32.4 Å². The molecule has 0 spiro atoms. The molecular weight excluding hydrogens is 452 g/mol. The van der Waals surface area contributed by atoms with E-state index in [0.717, 1.165) is 61.3 Å². The molecule has 0 aromatic heterocycles. The first-order valence-electron chi connectivity index (χ1n) is 13.5. The monoisotopic (exact) mass is 488 g/mol.